The Morgan fingerprint density at radius 2 is 2.11 bits per heavy atom. The monoisotopic (exact) mass is 273 g/mol. The Hall–Kier alpha value is -1.94. The lowest BCUT2D eigenvalue weighted by atomic mass is 10.1. The third-order valence-electron chi connectivity index (χ3n) is 2.99. The molecule has 0 bridgehead atoms. The Balaban J connectivity index is 1.81. The molecule has 1 aliphatic rings. The zero-order chi connectivity index (χ0) is 13.2. The van der Waals surface area contributed by atoms with Crippen molar-refractivity contribution in [2.45, 2.75) is 12.8 Å². The number of halogens is 1. The first kappa shape index (κ1) is 12.1. The summed E-state index contributed by atoms with van der Waals surface area (Å²) in [6, 6.07) is 7.20. The fourth-order valence-electron chi connectivity index (χ4n) is 1.81. The number of aromatic nitrogens is 2. The standard InChI is InChI=1S/C14H12ClN3O/c15-11-7-13(18-12-3-1-2-6-16-12)17-8-10(11)14(19)9-4-5-9/h1-3,6-9H,4-5H2,(H,16,17,18). The summed E-state index contributed by atoms with van der Waals surface area (Å²) in [5, 5.41) is 3.47. The van der Waals surface area contributed by atoms with Crippen LogP contribution in [-0.2, 0) is 0 Å². The summed E-state index contributed by atoms with van der Waals surface area (Å²) in [5.74, 6) is 1.51. The van der Waals surface area contributed by atoms with Gasteiger partial charge >= 0.3 is 0 Å². The molecule has 1 fully saturated rings. The van der Waals surface area contributed by atoms with Gasteiger partial charge in [0.1, 0.15) is 11.6 Å². The van der Waals surface area contributed by atoms with E-state index in [2.05, 4.69) is 15.3 Å². The summed E-state index contributed by atoms with van der Waals surface area (Å²) in [7, 11) is 0. The van der Waals surface area contributed by atoms with Crippen LogP contribution in [0.15, 0.2) is 36.7 Å². The van der Waals surface area contributed by atoms with Gasteiger partial charge in [-0.1, -0.05) is 17.7 Å². The molecule has 1 N–H and O–H groups in total. The summed E-state index contributed by atoms with van der Waals surface area (Å²) in [5.41, 5.74) is 0.510. The van der Waals surface area contributed by atoms with Crippen LogP contribution in [0.4, 0.5) is 11.6 Å². The van der Waals surface area contributed by atoms with Crippen molar-refractivity contribution in [1.29, 1.82) is 0 Å². The highest BCUT2D eigenvalue weighted by Gasteiger charge is 2.31. The molecular formula is C14H12ClN3O. The highest BCUT2D eigenvalue weighted by Crippen LogP contribution is 2.34. The molecule has 0 aliphatic heterocycles. The Morgan fingerprint density at radius 1 is 1.26 bits per heavy atom. The molecule has 0 radical (unpaired) electrons. The SMILES string of the molecule is O=C(c1cnc(Nc2ccccn2)cc1Cl)C1CC1. The molecule has 0 unspecified atom stereocenters. The molecule has 0 spiro atoms. The van der Waals surface area contributed by atoms with E-state index in [-0.39, 0.29) is 11.7 Å². The van der Waals surface area contributed by atoms with Gasteiger partial charge < -0.3 is 5.32 Å². The van der Waals surface area contributed by atoms with Gasteiger partial charge in [-0.25, -0.2) is 9.97 Å². The van der Waals surface area contributed by atoms with Gasteiger partial charge in [0, 0.05) is 24.4 Å². The van der Waals surface area contributed by atoms with Crippen LogP contribution >= 0.6 is 11.6 Å². The highest BCUT2D eigenvalue weighted by atomic mass is 35.5. The molecule has 5 heteroatoms. The van der Waals surface area contributed by atoms with E-state index in [1.54, 1.807) is 12.3 Å². The van der Waals surface area contributed by atoms with E-state index < -0.39 is 0 Å². The van der Waals surface area contributed by atoms with E-state index in [0.29, 0.717) is 22.2 Å². The van der Waals surface area contributed by atoms with Crippen LogP contribution in [0.2, 0.25) is 5.02 Å². The summed E-state index contributed by atoms with van der Waals surface area (Å²) < 4.78 is 0. The number of rotatable bonds is 4. The van der Waals surface area contributed by atoms with Crippen molar-refractivity contribution in [3.63, 3.8) is 0 Å². The topological polar surface area (TPSA) is 54.9 Å². The first-order chi connectivity index (χ1) is 9.24. The minimum absolute atomic E-state index is 0.0990. The van der Waals surface area contributed by atoms with E-state index in [0.717, 1.165) is 12.8 Å². The number of hydrogen-bond donors (Lipinski definition) is 1. The molecule has 96 valence electrons. The fraction of sp³-hybridized carbons (Fsp3) is 0.214. The molecule has 1 aliphatic carbocycles. The number of hydrogen-bond acceptors (Lipinski definition) is 4. The average molecular weight is 274 g/mol. The normalized spacial score (nSPS) is 14.2. The van der Waals surface area contributed by atoms with Crippen LogP contribution in [-0.4, -0.2) is 15.8 Å². The summed E-state index contributed by atoms with van der Waals surface area (Å²) in [4.78, 5) is 20.3. The lowest BCUT2D eigenvalue weighted by molar-refractivity contribution is 0.0967. The molecule has 19 heavy (non-hydrogen) atoms. The van der Waals surface area contributed by atoms with Crippen molar-refractivity contribution in [2.24, 2.45) is 5.92 Å². The molecule has 0 amide bonds. The van der Waals surface area contributed by atoms with E-state index in [1.807, 2.05) is 18.2 Å². The zero-order valence-corrected chi connectivity index (χ0v) is 10.9. The summed E-state index contributed by atoms with van der Waals surface area (Å²) in [6.07, 6.45) is 5.15. The van der Waals surface area contributed by atoms with Crippen molar-refractivity contribution >= 4 is 29.0 Å². The maximum absolute atomic E-state index is 11.9. The van der Waals surface area contributed by atoms with Crippen molar-refractivity contribution in [2.75, 3.05) is 5.32 Å². The number of anilines is 2. The van der Waals surface area contributed by atoms with Gasteiger partial charge in [-0.2, -0.15) is 0 Å². The van der Waals surface area contributed by atoms with Crippen LogP contribution in [0.5, 0.6) is 0 Å². The number of nitrogens with zero attached hydrogens (tertiary/aromatic N) is 2. The van der Waals surface area contributed by atoms with Gasteiger partial charge in [0.25, 0.3) is 0 Å². The quantitative estimate of drug-likeness (QED) is 0.867. The van der Waals surface area contributed by atoms with Crippen molar-refractivity contribution in [3.8, 4) is 0 Å². The Kier molecular flexibility index (Phi) is 3.17. The molecule has 4 nitrogen and oxygen atoms in total. The predicted octanol–water partition coefficient (Wildman–Crippen LogP) is 3.47. The van der Waals surface area contributed by atoms with E-state index in [9.17, 15) is 4.79 Å². The zero-order valence-electron chi connectivity index (χ0n) is 10.1. The lowest BCUT2D eigenvalue weighted by Gasteiger charge is -2.07. The van der Waals surface area contributed by atoms with Crippen molar-refractivity contribution < 1.29 is 4.79 Å². The van der Waals surface area contributed by atoms with Gasteiger partial charge in [0.05, 0.1) is 10.6 Å². The molecule has 0 aromatic carbocycles. The second kappa shape index (κ2) is 4.97. The number of pyridine rings is 2. The van der Waals surface area contributed by atoms with E-state index in [1.165, 1.54) is 6.20 Å². The average Bonchev–Trinajstić information content (AvgIpc) is 3.24. The Labute approximate surface area is 115 Å². The van der Waals surface area contributed by atoms with Crippen molar-refractivity contribution in [3.05, 3.63) is 47.2 Å². The maximum atomic E-state index is 11.9. The molecular weight excluding hydrogens is 262 g/mol. The predicted molar refractivity (Wildman–Crippen MR) is 73.8 cm³/mol. The molecule has 2 aromatic heterocycles. The minimum Gasteiger partial charge on any atom is -0.325 e. The fourth-order valence-corrected chi connectivity index (χ4v) is 2.06. The van der Waals surface area contributed by atoms with Crippen LogP contribution in [0.3, 0.4) is 0 Å². The largest absolute Gasteiger partial charge is 0.325 e. The number of ketones is 1. The molecule has 0 atom stereocenters. The second-order valence-corrected chi connectivity index (χ2v) is 4.94. The third kappa shape index (κ3) is 2.74. The number of carbonyl (C=O) groups excluding carboxylic acids is 1. The minimum atomic E-state index is 0.0990. The van der Waals surface area contributed by atoms with Crippen LogP contribution < -0.4 is 5.32 Å². The van der Waals surface area contributed by atoms with E-state index >= 15 is 0 Å². The molecule has 3 rings (SSSR count). The lowest BCUT2D eigenvalue weighted by Crippen LogP contribution is -2.04. The number of carbonyl (C=O) groups is 1. The molecule has 0 saturated heterocycles. The Bertz CT molecular complexity index is 611. The van der Waals surface area contributed by atoms with Crippen LogP contribution in [0.25, 0.3) is 0 Å². The van der Waals surface area contributed by atoms with Crippen LogP contribution in [0, 0.1) is 5.92 Å². The molecule has 2 heterocycles. The number of Topliss-reactive ketones (excluding diaryl/α,β-unsaturated/α-hetero) is 1. The summed E-state index contributed by atoms with van der Waals surface area (Å²) in [6.45, 7) is 0. The smallest absolute Gasteiger partial charge is 0.168 e. The van der Waals surface area contributed by atoms with E-state index in [4.69, 9.17) is 11.6 Å². The Morgan fingerprint density at radius 3 is 2.74 bits per heavy atom. The number of nitrogens with one attached hydrogen (secondary N) is 1. The second-order valence-electron chi connectivity index (χ2n) is 4.53. The first-order valence-corrected chi connectivity index (χ1v) is 6.49. The molecule has 2 aromatic rings. The van der Waals surface area contributed by atoms with Gasteiger partial charge in [0.15, 0.2) is 5.78 Å². The van der Waals surface area contributed by atoms with Crippen molar-refractivity contribution in [1.82, 2.24) is 9.97 Å². The van der Waals surface area contributed by atoms with Gasteiger partial charge in [0.2, 0.25) is 0 Å². The van der Waals surface area contributed by atoms with Gasteiger partial charge in [-0.3, -0.25) is 4.79 Å². The third-order valence-corrected chi connectivity index (χ3v) is 3.30. The van der Waals surface area contributed by atoms with Gasteiger partial charge in [-0.05, 0) is 25.0 Å². The first-order valence-electron chi connectivity index (χ1n) is 6.12. The molecule has 1 saturated carbocycles. The van der Waals surface area contributed by atoms with Gasteiger partial charge in [-0.15, -0.1) is 0 Å². The maximum Gasteiger partial charge on any atom is 0.168 e. The van der Waals surface area contributed by atoms with Crippen LogP contribution in [0.1, 0.15) is 23.2 Å². The summed E-state index contributed by atoms with van der Waals surface area (Å²) >= 11 is 6.14. The highest BCUT2D eigenvalue weighted by molar-refractivity contribution is 6.34.